The Kier molecular flexibility index (Phi) is 10.2. The fourth-order valence-electron chi connectivity index (χ4n) is 2.57. The van der Waals surface area contributed by atoms with Crippen LogP contribution in [0.3, 0.4) is 0 Å². The Hall–Kier alpha value is -1.02. The summed E-state index contributed by atoms with van der Waals surface area (Å²) >= 11 is 0. The van der Waals surface area contributed by atoms with Crippen LogP contribution in [-0.2, 0) is 11.2 Å². The van der Waals surface area contributed by atoms with Crippen LogP contribution in [0.1, 0.15) is 24.0 Å². The zero-order valence-corrected chi connectivity index (χ0v) is 18.2. The minimum atomic E-state index is 0. The average Bonchev–Trinajstić information content (AvgIpc) is 3.41. The number of halogens is 1. The lowest BCUT2D eigenvalue weighted by Gasteiger charge is -2.22. The van der Waals surface area contributed by atoms with Crippen molar-refractivity contribution in [1.29, 1.82) is 0 Å². The van der Waals surface area contributed by atoms with E-state index in [1.54, 1.807) is 7.11 Å². The molecule has 0 saturated heterocycles. The maximum atomic E-state index is 5.70. The molecule has 0 unspecified atom stereocenters. The van der Waals surface area contributed by atoms with Gasteiger partial charge in [0.05, 0.1) is 13.7 Å². The molecule has 0 atom stereocenters. The highest BCUT2D eigenvalue weighted by Crippen LogP contribution is 2.28. The Bertz CT molecular complexity index is 547. The van der Waals surface area contributed by atoms with Crippen LogP contribution in [0.2, 0.25) is 0 Å². The number of guanidine groups is 1. The average molecular weight is 461 g/mol. The molecule has 6 heteroatoms. The predicted octanol–water partition coefficient (Wildman–Crippen LogP) is 3.10. The molecule has 1 aromatic carbocycles. The van der Waals surface area contributed by atoms with Crippen LogP contribution < -0.4 is 10.1 Å². The van der Waals surface area contributed by atoms with E-state index in [-0.39, 0.29) is 24.0 Å². The number of methoxy groups -OCH3 is 1. The van der Waals surface area contributed by atoms with Crippen molar-refractivity contribution in [1.82, 2.24) is 10.2 Å². The molecule has 2 rings (SSSR count). The van der Waals surface area contributed by atoms with Crippen molar-refractivity contribution in [3.8, 4) is 5.75 Å². The first-order valence-electron chi connectivity index (χ1n) is 8.77. The van der Waals surface area contributed by atoms with Gasteiger partial charge < -0.3 is 19.7 Å². The van der Waals surface area contributed by atoms with Crippen molar-refractivity contribution in [3.05, 3.63) is 29.3 Å². The van der Waals surface area contributed by atoms with Crippen molar-refractivity contribution in [2.45, 2.75) is 26.2 Å². The molecule has 5 nitrogen and oxygen atoms in total. The summed E-state index contributed by atoms with van der Waals surface area (Å²) in [7, 11) is 5.58. The van der Waals surface area contributed by atoms with Crippen molar-refractivity contribution < 1.29 is 9.47 Å². The minimum absolute atomic E-state index is 0. The molecule has 142 valence electrons. The van der Waals surface area contributed by atoms with Gasteiger partial charge in [0.15, 0.2) is 5.96 Å². The van der Waals surface area contributed by atoms with E-state index in [0.29, 0.717) is 0 Å². The van der Waals surface area contributed by atoms with E-state index in [9.17, 15) is 0 Å². The maximum Gasteiger partial charge on any atom is 0.193 e. The summed E-state index contributed by atoms with van der Waals surface area (Å²) in [4.78, 5) is 6.46. The second kappa shape index (κ2) is 11.6. The third-order valence-corrected chi connectivity index (χ3v) is 4.36. The number of ether oxygens (including phenoxy) is 2. The summed E-state index contributed by atoms with van der Waals surface area (Å²) in [5.41, 5.74) is 2.42. The Morgan fingerprint density at radius 3 is 2.76 bits per heavy atom. The van der Waals surface area contributed by atoms with Crippen molar-refractivity contribution >= 4 is 29.9 Å². The Balaban J connectivity index is 0.00000312. The van der Waals surface area contributed by atoms with E-state index in [4.69, 9.17) is 9.47 Å². The fourth-order valence-corrected chi connectivity index (χ4v) is 2.57. The molecule has 0 bridgehead atoms. The Labute approximate surface area is 169 Å². The maximum absolute atomic E-state index is 5.70. The first-order valence-corrected chi connectivity index (χ1v) is 8.77. The third kappa shape index (κ3) is 7.81. The van der Waals surface area contributed by atoms with Gasteiger partial charge in [-0.1, -0.05) is 12.1 Å². The van der Waals surface area contributed by atoms with Crippen molar-refractivity contribution in [3.63, 3.8) is 0 Å². The van der Waals surface area contributed by atoms with Crippen LogP contribution in [0.4, 0.5) is 0 Å². The largest absolute Gasteiger partial charge is 0.496 e. The number of rotatable bonds is 9. The topological polar surface area (TPSA) is 46.1 Å². The molecule has 1 fully saturated rings. The quantitative estimate of drug-likeness (QED) is 0.266. The molecule has 1 aromatic rings. The Morgan fingerprint density at radius 1 is 1.36 bits per heavy atom. The minimum Gasteiger partial charge on any atom is -0.496 e. The highest BCUT2D eigenvalue weighted by Gasteiger charge is 2.21. The van der Waals surface area contributed by atoms with E-state index >= 15 is 0 Å². The fraction of sp³-hybridized carbons (Fsp3) is 0.632. The summed E-state index contributed by atoms with van der Waals surface area (Å²) in [6.45, 7) is 5.41. The SMILES string of the molecule is CN=C(NCCc1ccc(C)c(OC)c1)N(C)CCOCC1CC1.I. The van der Waals surface area contributed by atoms with Gasteiger partial charge in [-0.2, -0.15) is 0 Å². The number of benzene rings is 1. The van der Waals surface area contributed by atoms with Gasteiger partial charge in [-0.15, -0.1) is 24.0 Å². The molecule has 1 aliphatic rings. The highest BCUT2D eigenvalue weighted by molar-refractivity contribution is 14.0. The van der Waals surface area contributed by atoms with Crippen LogP contribution in [-0.4, -0.2) is 58.4 Å². The van der Waals surface area contributed by atoms with Crippen molar-refractivity contribution in [2.75, 3.05) is 47.5 Å². The molecule has 0 aliphatic heterocycles. The van der Waals surface area contributed by atoms with Gasteiger partial charge in [-0.3, -0.25) is 4.99 Å². The smallest absolute Gasteiger partial charge is 0.193 e. The zero-order chi connectivity index (χ0) is 17.4. The van der Waals surface area contributed by atoms with Gasteiger partial charge in [0.2, 0.25) is 0 Å². The molecule has 1 aliphatic carbocycles. The Morgan fingerprint density at radius 2 is 2.12 bits per heavy atom. The standard InChI is InChI=1S/C19H31N3O2.HI/c1-15-5-6-16(13-18(15)23-4)9-10-21-19(20-2)22(3)11-12-24-14-17-7-8-17;/h5-6,13,17H,7-12,14H2,1-4H3,(H,20,21);1H. The van der Waals surface area contributed by atoms with E-state index in [1.807, 2.05) is 14.1 Å². The summed E-state index contributed by atoms with van der Waals surface area (Å²) in [5, 5.41) is 3.41. The molecular weight excluding hydrogens is 429 g/mol. The number of nitrogens with zero attached hydrogens (tertiary/aromatic N) is 2. The van der Waals surface area contributed by atoms with Crippen molar-refractivity contribution in [2.24, 2.45) is 10.9 Å². The number of aliphatic imine (C=N–C) groups is 1. The molecule has 1 saturated carbocycles. The monoisotopic (exact) mass is 461 g/mol. The number of aryl methyl sites for hydroxylation is 1. The first kappa shape index (κ1) is 22.0. The molecule has 0 radical (unpaired) electrons. The van der Waals surface area contributed by atoms with Gasteiger partial charge in [0.25, 0.3) is 0 Å². The van der Waals surface area contributed by atoms with Gasteiger partial charge in [-0.05, 0) is 49.3 Å². The molecule has 0 spiro atoms. The summed E-state index contributed by atoms with van der Waals surface area (Å²) in [6, 6.07) is 6.36. The summed E-state index contributed by atoms with van der Waals surface area (Å²) < 4.78 is 11.1. The molecule has 1 N–H and O–H groups in total. The van der Waals surface area contributed by atoms with Crippen LogP contribution in [0.5, 0.6) is 5.75 Å². The third-order valence-electron chi connectivity index (χ3n) is 4.36. The molecule has 0 aromatic heterocycles. The lowest BCUT2D eigenvalue weighted by molar-refractivity contribution is 0.115. The van der Waals surface area contributed by atoms with Crippen LogP contribution in [0.25, 0.3) is 0 Å². The number of hydrogen-bond donors (Lipinski definition) is 1. The van der Waals surface area contributed by atoms with E-state index in [2.05, 4.69) is 40.3 Å². The number of hydrogen-bond acceptors (Lipinski definition) is 3. The normalized spacial score (nSPS) is 14.0. The second-order valence-corrected chi connectivity index (χ2v) is 6.47. The summed E-state index contributed by atoms with van der Waals surface area (Å²) in [6.07, 6.45) is 3.60. The molecule has 0 heterocycles. The lowest BCUT2D eigenvalue weighted by atomic mass is 10.1. The van der Waals surface area contributed by atoms with Crippen LogP contribution in [0.15, 0.2) is 23.2 Å². The van der Waals surface area contributed by atoms with Gasteiger partial charge >= 0.3 is 0 Å². The highest BCUT2D eigenvalue weighted by atomic mass is 127. The molecule has 25 heavy (non-hydrogen) atoms. The van der Waals surface area contributed by atoms with Gasteiger partial charge in [0, 0.05) is 33.8 Å². The molecule has 0 amide bonds. The van der Waals surface area contributed by atoms with Crippen LogP contribution in [0, 0.1) is 12.8 Å². The summed E-state index contributed by atoms with van der Waals surface area (Å²) in [5.74, 6) is 2.67. The predicted molar refractivity (Wildman–Crippen MR) is 114 cm³/mol. The zero-order valence-electron chi connectivity index (χ0n) is 15.9. The molecular formula is C19H32IN3O2. The van der Waals surface area contributed by atoms with E-state index in [0.717, 1.165) is 55.9 Å². The first-order chi connectivity index (χ1) is 11.6. The van der Waals surface area contributed by atoms with Gasteiger partial charge in [-0.25, -0.2) is 0 Å². The van der Waals surface area contributed by atoms with E-state index < -0.39 is 0 Å². The van der Waals surface area contributed by atoms with E-state index in [1.165, 1.54) is 18.4 Å². The van der Waals surface area contributed by atoms with Crippen LogP contribution >= 0.6 is 24.0 Å². The number of nitrogens with one attached hydrogen (secondary N) is 1. The lowest BCUT2D eigenvalue weighted by Crippen LogP contribution is -2.41. The number of likely N-dealkylation sites (N-methyl/N-ethyl adjacent to an activating group) is 1. The van der Waals surface area contributed by atoms with Gasteiger partial charge in [0.1, 0.15) is 5.75 Å². The second-order valence-electron chi connectivity index (χ2n) is 6.47.